The van der Waals surface area contributed by atoms with Gasteiger partial charge in [-0.25, -0.2) is 9.78 Å². The highest BCUT2D eigenvalue weighted by Gasteiger charge is 2.46. The van der Waals surface area contributed by atoms with Crippen molar-refractivity contribution in [3.8, 4) is 5.75 Å². The lowest BCUT2D eigenvalue weighted by Gasteiger charge is -2.33. The minimum absolute atomic E-state index is 0.0891. The molecule has 0 unspecified atom stereocenters. The van der Waals surface area contributed by atoms with E-state index in [9.17, 15) is 9.90 Å². The van der Waals surface area contributed by atoms with Crippen LogP contribution in [0, 0.1) is 17.8 Å². The molecular formula is C20H21Cl2NO4S. The minimum Gasteiger partial charge on any atom is -0.493 e. The Morgan fingerprint density at radius 2 is 2.07 bits per heavy atom. The van der Waals surface area contributed by atoms with Crippen molar-refractivity contribution >= 4 is 40.5 Å². The molecule has 0 aliphatic heterocycles. The van der Waals surface area contributed by atoms with E-state index in [1.807, 2.05) is 0 Å². The molecule has 2 aliphatic rings. The maximum Gasteiger partial charge on any atom is 0.355 e. The zero-order chi connectivity index (χ0) is 19.8. The molecule has 5 nitrogen and oxygen atoms in total. The predicted octanol–water partition coefficient (Wildman–Crippen LogP) is 5.11. The third kappa shape index (κ3) is 4.01. The Bertz CT molecular complexity index is 874. The second-order valence-electron chi connectivity index (χ2n) is 7.66. The molecule has 0 amide bonds. The number of ether oxygens (including phenoxy) is 1. The van der Waals surface area contributed by atoms with Crippen LogP contribution in [0.15, 0.2) is 23.6 Å². The lowest BCUT2D eigenvalue weighted by molar-refractivity contribution is 0.0689. The van der Waals surface area contributed by atoms with Gasteiger partial charge in [-0.05, 0) is 49.7 Å². The molecule has 2 saturated carbocycles. The number of hydrogen-bond acceptors (Lipinski definition) is 5. The van der Waals surface area contributed by atoms with Gasteiger partial charge in [-0.2, -0.15) is 0 Å². The minimum atomic E-state index is -0.980. The van der Waals surface area contributed by atoms with Crippen molar-refractivity contribution in [3.05, 3.63) is 44.3 Å². The van der Waals surface area contributed by atoms with E-state index in [1.165, 1.54) is 11.3 Å². The molecule has 1 heterocycles. The Morgan fingerprint density at radius 3 is 2.79 bits per heavy atom. The summed E-state index contributed by atoms with van der Waals surface area (Å²) in [6, 6.07) is 5.19. The van der Waals surface area contributed by atoms with Gasteiger partial charge < -0.3 is 14.9 Å². The molecule has 1 aromatic carbocycles. The summed E-state index contributed by atoms with van der Waals surface area (Å²) in [5.41, 5.74) is 0.126. The van der Waals surface area contributed by atoms with Gasteiger partial charge in [0.1, 0.15) is 5.75 Å². The first kappa shape index (κ1) is 20.0. The Hall–Kier alpha value is -1.34. The van der Waals surface area contributed by atoms with Crippen LogP contribution in [0.25, 0.3) is 0 Å². The van der Waals surface area contributed by atoms with Crippen LogP contribution >= 0.6 is 34.5 Å². The third-order valence-electron chi connectivity index (χ3n) is 6.05. The Morgan fingerprint density at radius 1 is 1.25 bits per heavy atom. The second-order valence-corrected chi connectivity index (χ2v) is 9.37. The van der Waals surface area contributed by atoms with E-state index in [4.69, 9.17) is 33.0 Å². The molecule has 2 aliphatic carbocycles. The summed E-state index contributed by atoms with van der Waals surface area (Å²) < 4.78 is 5.91. The number of aliphatic hydroxyl groups excluding tert-OH is 1. The summed E-state index contributed by atoms with van der Waals surface area (Å²) >= 11 is 13.4. The zero-order valence-electron chi connectivity index (χ0n) is 15.1. The van der Waals surface area contributed by atoms with Crippen molar-refractivity contribution in [1.29, 1.82) is 0 Å². The number of carboxylic acid groups (broad SMARTS) is 1. The zero-order valence-corrected chi connectivity index (χ0v) is 17.4. The van der Waals surface area contributed by atoms with Crippen molar-refractivity contribution in [2.24, 2.45) is 17.8 Å². The van der Waals surface area contributed by atoms with Gasteiger partial charge in [-0.15, -0.1) is 11.3 Å². The van der Waals surface area contributed by atoms with Crippen LogP contribution in [-0.4, -0.2) is 33.9 Å². The van der Waals surface area contributed by atoms with E-state index >= 15 is 0 Å². The average molecular weight is 442 g/mol. The van der Waals surface area contributed by atoms with E-state index in [-0.39, 0.29) is 23.6 Å². The average Bonchev–Trinajstić information content (AvgIpc) is 3.27. The van der Waals surface area contributed by atoms with Crippen LogP contribution in [0.2, 0.25) is 10.0 Å². The first-order valence-corrected chi connectivity index (χ1v) is 11.0. The monoisotopic (exact) mass is 441 g/mol. The molecule has 4 rings (SSSR count). The van der Waals surface area contributed by atoms with Gasteiger partial charge in [0.15, 0.2) is 5.69 Å². The van der Waals surface area contributed by atoms with E-state index < -0.39 is 5.97 Å². The fourth-order valence-electron chi connectivity index (χ4n) is 4.68. The van der Waals surface area contributed by atoms with Crippen molar-refractivity contribution in [1.82, 2.24) is 4.98 Å². The molecule has 5 atom stereocenters. The van der Waals surface area contributed by atoms with Gasteiger partial charge in [0.25, 0.3) is 0 Å². The molecule has 1 aromatic heterocycles. The maximum atomic E-state index is 11.1. The summed E-state index contributed by atoms with van der Waals surface area (Å²) in [4.78, 5) is 15.4. The van der Waals surface area contributed by atoms with Gasteiger partial charge in [0.05, 0.1) is 27.8 Å². The van der Waals surface area contributed by atoms with Crippen LogP contribution in [0.4, 0.5) is 0 Å². The largest absolute Gasteiger partial charge is 0.493 e. The summed E-state index contributed by atoms with van der Waals surface area (Å²) in [5.74, 6) is 0.864. The van der Waals surface area contributed by atoms with Gasteiger partial charge in [-0.3, -0.25) is 0 Å². The molecule has 150 valence electrons. The van der Waals surface area contributed by atoms with Crippen LogP contribution < -0.4 is 4.74 Å². The lowest BCUT2D eigenvalue weighted by atomic mass is 9.73. The molecule has 0 radical (unpaired) electrons. The number of nitrogens with zero attached hydrogens (tertiary/aromatic N) is 1. The summed E-state index contributed by atoms with van der Waals surface area (Å²) in [6.07, 6.45) is 3.26. The van der Waals surface area contributed by atoms with Crippen LogP contribution in [-0.2, 0) is 0 Å². The highest BCUT2D eigenvalue weighted by Crippen LogP contribution is 2.50. The smallest absolute Gasteiger partial charge is 0.355 e. The maximum absolute atomic E-state index is 11.1. The molecule has 28 heavy (non-hydrogen) atoms. The fourth-order valence-corrected chi connectivity index (χ4v) is 5.92. The van der Waals surface area contributed by atoms with Gasteiger partial charge in [0, 0.05) is 23.3 Å². The van der Waals surface area contributed by atoms with Crippen molar-refractivity contribution in [2.45, 2.75) is 37.7 Å². The quantitative estimate of drug-likeness (QED) is 0.673. The SMILES string of the molecule is O=C(O)c1csc([C@H]2CC[C@H]3[C@@H](C2)C[C@H](O)[C@@H]3COc2ccc(Cl)c(Cl)c2)n1. The van der Waals surface area contributed by atoms with Crippen LogP contribution in [0.3, 0.4) is 0 Å². The number of rotatable bonds is 5. The topological polar surface area (TPSA) is 79.7 Å². The number of aromatic nitrogens is 1. The molecule has 0 saturated heterocycles. The number of fused-ring (bicyclic) bond motifs is 1. The van der Waals surface area contributed by atoms with Crippen molar-refractivity contribution < 1.29 is 19.7 Å². The summed E-state index contributed by atoms with van der Waals surface area (Å²) in [5, 5.41) is 23.2. The van der Waals surface area contributed by atoms with Gasteiger partial charge >= 0.3 is 5.97 Å². The lowest BCUT2D eigenvalue weighted by Crippen LogP contribution is -2.29. The number of aliphatic hydroxyl groups is 1. The number of benzene rings is 1. The van der Waals surface area contributed by atoms with Gasteiger partial charge in [-0.1, -0.05) is 23.2 Å². The van der Waals surface area contributed by atoms with E-state index in [0.29, 0.717) is 34.2 Å². The number of aromatic carboxylic acids is 1. The molecule has 2 aromatic rings. The van der Waals surface area contributed by atoms with E-state index in [2.05, 4.69) is 4.98 Å². The number of hydrogen-bond donors (Lipinski definition) is 2. The number of thiazole rings is 1. The van der Waals surface area contributed by atoms with E-state index in [1.54, 1.807) is 23.6 Å². The molecule has 0 spiro atoms. The molecule has 2 N–H and O–H groups in total. The Labute approximate surface area is 177 Å². The fraction of sp³-hybridized carbons (Fsp3) is 0.500. The standard InChI is InChI=1S/C20H21Cl2NO4S/c21-15-4-2-12(7-16(15)22)27-8-14-13-3-1-10(5-11(13)6-18(14)24)19-23-17(9-28-19)20(25)26/h2,4,7,9-11,13-14,18,24H,1,3,5-6,8H2,(H,25,26)/t10-,11-,13-,14+,18-/m0/s1. The van der Waals surface area contributed by atoms with Gasteiger partial charge in [0.2, 0.25) is 0 Å². The molecular weight excluding hydrogens is 421 g/mol. The molecule has 0 bridgehead atoms. The van der Waals surface area contributed by atoms with E-state index in [0.717, 1.165) is 30.7 Å². The predicted molar refractivity (Wildman–Crippen MR) is 109 cm³/mol. The second kappa shape index (κ2) is 8.19. The Kier molecular flexibility index (Phi) is 5.83. The van der Waals surface area contributed by atoms with Crippen LogP contribution in [0.5, 0.6) is 5.75 Å². The number of halogens is 2. The number of carbonyl (C=O) groups is 1. The highest BCUT2D eigenvalue weighted by molar-refractivity contribution is 7.09. The Balaban J connectivity index is 1.39. The van der Waals surface area contributed by atoms with Crippen LogP contribution in [0.1, 0.15) is 47.1 Å². The first-order valence-electron chi connectivity index (χ1n) is 9.37. The summed E-state index contributed by atoms with van der Waals surface area (Å²) in [7, 11) is 0. The number of carboxylic acids is 1. The van der Waals surface area contributed by atoms with Crippen molar-refractivity contribution in [2.75, 3.05) is 6.61 Å². The normalized spacial score (nSPS) is 29.5. The first-order chi connectivity index (χ1) is 13.4. The third-order valence-corrected chi connectivity index (χ3v) is 7.80. The highest BCUT2D eigenvalue weighted by atomic mass is 35.5. The van der Waals surface area contributed by atoms with Crippen molar-refractivity contribution in [3.63, 3.8) is 0 Å². The molecule has 8 heteroatoms. The molecule has 2 fully saturated rings. The summed E-state index contributed by atoms with van der Waals surface area (Å²) in [6.45, 7) is 0.450.